The van der Waals surface area contributed by atoms with E-state index in [1.54, 1.807) is 11.0 Å². The number of nitrogens with zero attached hydrogens (tertiary/aromatic N) is 3. The van der Waals surface area contributed by atoms with E-state index >= 15 is 0 Å². The molecule has 104 valence electrons. The second-order valence-electron chi connectivity index (χ2n) is 4.77. The molecule has 0 saturated heterocycles. The maximum absolute atomic E-state index is 5.85. The molecule has 3 aromatic rings. The number of benzene rings is 1. The monoisotopic (exact) mass is 334 g/mol. The molecule has 0 amide bonds. The molecule has 6 heteroatoms. The van der Waals surface area contributed by atoms with Crippen molar-refractivity contribution in [3.63, 3.8) is 0 Å². The first-order chi connectivity index (χ1) is 9.61. The first kappa shape index (κ1) is 13.3. The van der Waals surface area contributed by atoms with E-state index in [2.05, 4.69) is 50.4 Å². The molecule has 20 heavy (non-hydrogen) atoms. The van der Waals surface area contributed by atoms with Crippen LogP contribution in [0.3, 0.4) is 0 Å². The molecule has 0 aliphatic carbocycles. The highest BCUT2D eigenvalue weighted by atomic mass is 79.9. The van der Waals surface area contributed by atoms with Crippen molar-refractivity contribution in [1.82, 2.24) is 20.1 Å². The van der Waals surface area contributed by atoms with Gasteiger partial charge in [-0.3, -0.25) is 4.68 Å². The van der Waals surface area contributed by atoms with Crippen LogP contribution in [0.1, 0.15) is 24.6 Å². The van der Waals surface area contributed by atoms with Crippen molar-refractivity contribution in [1.29, 1.82) is 0 Å². The molecule has 0 spiro atoms. The summed E-state index contributed by atoms with van der Waals surface area (Å²) in [6.07, 6.45) is 1.69. The van der Waals surface area contributed by atoms with Crippen LogP contribution in [-0.4, -0.2) is 14.8 Å². The van der Waals surface area contributed by atoms with Crippen molar-refractivity contribution >= 4 is 26.9 Å². The SMILES string of the molecule is CC(NCc1ncn(C)n1)c1cc2cc(Br)ccc2o1. The van der Waals surface area contributed by atoms with Gasteiger partial charge < -0.3 is 9.73 Å². The summed E-state index contributed by atoms with van der Waals surface area (Å²) in [6, 6.07) is 8.16. The summed E-state index contributed by atoms with van der Waals surface area (Å²) in [5.41, 5.74) is 0.896. The number of rotatable bonds is 4. The fourth-order valence-electron chi connectivity index (χ4n) is 2.06. The summed E-state index contributed by atoms with van der Waals surface area (Å²) in [5.74, 6) is 1.69. The Bertz CT molecular complexity index is 734. The number of furan rings is 1. The summed E-state index contributed by atoms with van der Waals surface area (Å²) in [5, 5.41) is 8.69. The smallest absolute Gasteiger partial charge is 0.164 e. The standard InChI is InChI=1S/C14H15BrN4O/c1-9(16-7-14-17-8-19(2)18-14)13-6-10-5-11(15)3-4-12(10)20-13/h3-6,8-9,16H,7H2,1-2H3. The number of fused-ring (bicyclic) bond motifs is 1. The summed E-state index contributed by atoms with van der Waals surface area (Å²) in [4.78, 5) is 4.19. The average Bonchev–Trinajstić information content (AvgIpc) is 3.01. The van der Waals surface area contributed by atoms with Gasteiger partial charge in [0.05, 0.1) is 12.6 Å². The third kappa shape index (κ3) is 2.76. The van der Waals surface area contributed by atoms with E-state index in [1.807, 2.05) is 19.2 Å². The molecule has 3 rings (SSSR count). The minimum Gasteiger partial charge on any atom is -0.459 e. The van der Waals surface area contributed by atoms with Crippen molar-refractivity contribution in [3.8, 4) is 0 Å². The summed E-state index contributed by atoms with van der Waals surface area (Å²) in [6.45, 7) is 2.68. The topological polar surface area (TPSA) is 55.9 Å². The Labute approximate surface area is 125 Å². The largest absolute Gasteiger partial charge is 0.459 e. The molecule has 1 N–H and O–H groups in total. The van der Waals surface area contributed by atoms with Crippen molar-refractivity contribution < 1.29 is 4.42 Å². The van der Waals surface area contributed by atoms with Gasteiger partial charge in [0, 0.05) is 16.9 Å². The van der Waals surface area contributed by atoms with Gasteiger partial charge in [0.25, 0.3) is 0 Å². The maximum atomic E-state index is 5.85. The maximum Gasteiger partial charge on any atom is 0.164 e. The predicted molar refractivity (Wildman–Crippen MR) is 80.2 cm³/mol. The fourth-order valence-corrected chi connectivity index (χ4v) is 2.44. The highest BCUT2D eigenvalue weighted by Crippen LogP contribution is 2.26. The van der Waals surface area contributed by atoms with Crippen molar-refractivity contribution in [2.24, 2.45) is 7.05 Å². The molecule has 0 saturated carbocycles. The number of halogens is 1. The zero-order chi connectivity index (χ0) is 14.1. The van der Waals surface area contributed by atoms with Crippen LogP contribution in [0.5, 0.6) is 0 Å². The molecule has 0 aliphatic heterocycles. The first-order valence-electron chi connectivity index (χ1n) is 6.39. The molecule has 2 aromatic heterocycles. The van der Waals surface area contributed by atoms with Crippen molar-refractivity contribution in [2.75, 3.05) is 0 Å². The average molecular weight is 335 g/mol. The van der Waals surface area contributed by atoms with E-state index < -0.39 is 0 Å². The number of hydrogen-bond donors (Lipinski definition) is 1. The molecule has 0 radical (unpaired) electrons. The van der Waals surface area contributed by atoms with Crippen LogP contribution in [0.2, 0.25) is 0 Å². The Morgan fingerprint density at radius 3 is 3.00 bits per heavy atom. The number of aromatic nitrogens is 3. The Hall–Kier alpha value is -1.66. The van der Waals surface area contributed by atoms with E-state index in [9.17, 15) is 0 Å². The number of aryl methyl sites for hydroxylation is 1. The van der Waals surface area contributed by atoms with Crippen molar-refractivity contribution in [3.05, 3.63) is 46.7 Å². The molecular weight excluding hydrogens is 320 g/mol. The lowest BCUT2D eigenvalue weighted by Crippen LogP contribution is -2.18. The van der Waals surface area contributed by atoms with Crippen LogP contribution in [-0.2, 0) is 13.6 Å². The Morgan fingerprint density at radius 2 is 2.25 bits per heavy atom. The predicted octanol–water partition coefficient (Wildman–Crippen LogP) is 3.17. The Balaban J connectivity index is 1.73. The number of hydrogen-bond acceptors (Lipinski definition) is 4. The molecule has 2 heterocycles. The zero-order valence-corrected chi connectivity index (χ0v) is 12.9. The van der Waals surface area contributed by atoms with Crippen LogP contribution in [0, 0.1) is 0 Å². The van der Waals surface area contributed by atoms with E-state index in [0.717, 1.165) is 27.0 Å². The van der Waals surface area contributed by atoms with Gasteiger partial charge in [0.15, 0.2) is 5.82 Å². The third-order valence-electron chi connectivity index (χ3n) is 3.14. The lowest BCUT2D eigenvalue weighted by atomic mass is 10.2. The summed E-state index contributed by atoms with van der Waals surface area (Å²) in [7, 11) is 1.86. The molecular formula is C14H15BrN4O. The van der Waals surface area contributed by atoms with Crippen LogP contribution in [0.4, 0.5) is 0 Å². The van der Waals surface area contributed by atoms with Crippen LogP contribution < -0.4 is 5.32 Å². The lowest BCUT2D eigenvalue weighted by Gasteiger charge is -2.08. The van der Waals surface area contributed by atoms with Gasteiger partial charge in [-0.15, -0.1) is 0 Å². The van der Waals surface area contributed by atoms with E-state index in [-0.39, 0.29) is 6.04 Å². The van der Waals surface area contributed by atoms with E-state index in [4.69, 9.17) is 4.42 Å². The zero-order valence-electron chi connectivity index (χ0n) is 11.3. The molecule has 1 aromatic carbocycles. The molecule has 0 aliphatic rings. The molecule has 1 atom stereocenters. The second kappa shape index (κ2) is 5.38. The van der Waals surface area contributed by atoms with Crippen LogP contribution >= 0.6 is 15.9 Å². The van der Waals surface area contributed by atoms with Crippen molar-refractivity contribution in [2.45, 2.75) is 19.5 Å². The highest BCUT2D eigenvalue weighted by molar-refractivity contribution is 9.10. The van der Waals surface area contributed by atoms with Crippen LogP contribution in [0.25, 0.3) is 11.0 Å². The molecule has 5 nitrogen and oxygen atoms in total. The van der Waals surface area contributed by atoms with Crippen LogP contribution in [0.15, 0.2) is 39.5 Å². The van der Waals surface area contributed by atoms with Gasteiger partial charge in [-0.2, -0.15) is 5.10 Å². The first-order valence-corrected chi connectivity index (χ1v) is 7.18. The van der Waals surface area contributed by atoms with Gasteiger partial charge >= 0.3 is 0 Å². The number of nitrogens with one attached hydrogen (secondary N) is 1. The van der Waals surface area contributed by atoms with Gasteiger partial charge in [0.2, 0.25) is 0 Å². The van der Waals surface area contributed by atoms with E-state index in [0.29, 0.717) is 6.54 Å². The summed E-state index contributed by atoms with van der Waals surface area (Å²) >= 11 is 3.47. The third-order valence-corrected chi connectivity index (χ3v) is 3.63. The Kier molecular flexibility index (Phi) is 3.58. The van der Waals surface area contributed by atoms with E-state index in [1.165, 1.54) is 0 Å². The molecule has 1 unspecified atom stereocenters. The second-order valence-corrected chi connectivity index (χ2v) is 5.68. The molecule has 0 bridgehead atoms. The van der Waals surface area contributed by atoms with Gasteiger partial charge in [-0.25, -0.2) is 4.98 Å². The Morgan fingerprint density at radius 1 is 1.40 bits per heavy atom. The fraction of sp³-hybridized carbons (Fsp3) is 0.286. The van der Waals surface area contributed by atoms with Gasteiger partial charge in [-0.05, 0) is 31.2 Å². The quantitative estimate of drug-likeness (QED) is 0.796. The highest BCUT2D eigenvalue weighted by Gasteiger charge is 2.12. The normalized spacial score (nSPS) is 12.9. The van der Waals surface area contributed by atoms with Gasteiger partial charge in [0.1, 0.15) is 17.7 Å². The van der Waals surface area contributed by atoms with Gasteiger partial charge in [-0.1, -0.05) is 15.9 Å². The minimum atomic E-state index is 0.102. The summed E-state index contributed by atoms with van der Waals surface area (Å²) < 4.78 is 8.60. The molecule has 0 fully saturated rings. The minimum absolute atomic E-state index is 0.102. The lowest BCUT2D eigenvalue weighted by molar-refractivity contribution is 0.446.